The van der Waals surface area contributed by atoms with E-state index in [-0.39, 0.29) is 0 Å². The van der Waals surface area contributed by atoms with Gasteiger partial charge >= 0.3 is 0 Å². The summed E-state index contributed by atoms with van der Waals surface area (Å²) in [6, 6.07) is 0.755. The van der Waals surface area contributed by atoms with Crippen molar-refractivity contribution in [1.29, 1.82) is 0 Å². The van der Waals surface area contributed by atoms with E-state index in [9.17, 15) is 0 Å². The van der Waals surface area contributed by atoms with Gasteiger partial charge in [0.1, 0.15) is 0 Å². The van der Waals surface area contributed by atoms with Crippen LogP contribution in [0, 0.1) is 11.3 Å². The lowest BCUT2D eigenvalue weighted by molar-refractivity contribution is 0.00492. The second-order valence-corrected chi connectivity index (χ2v) is 7.65. The fourth-order valence-electron chi connectivity index (χ4n) is 3.49. The summed E-state index contributed by atoms with van der Waals surface area (Å²) in [5.74, 6) is 0.944. The molecule has 2 rings (SSSR count). The van der Waals surface area contributed by atoms with E-state index in [1.165, 1.54) is 51.4 Å². The van der Waals surface area contributed by atoms with Crippen molar-refractivity contribution in [2.24, 2.45) is 11.3 Å². The molecular weight excluding hydrogens is 234 g/mol. The lowest BCUT2D eigenvalue weighted by Gasteiger charge is -2.34. The number of hydrogen-bond acceptors (Lipinski definition) is 2. The summed E-state index contributed by atoms with van der Waals surface area (Å²) in [6.07, 6.45) is 11.2. The molecule has 2 fully saturated rings. The van der Waals surface area contributed by atoms with E-state index in [0.717, 1.165) is 25.1 Å². The zero-order valence-corrected chi connectivity index (χ0v) is 13.2. The highest BCUT2D eigenvalue weighted by molar-refractivity contribution is 4.79. The van der Waals surface area contributed by atoms with E-state index in [1.54, 1.807) is 0 Å². The molecule has 0 aromatic carbocycles. The maximum Gasteiger partial charge on any atom is 0.0594 e. The van der Waals surface area contributed by atoms with Crippen LogP contribution in [0.25, 0.3) is 0 Å². The van der Waals surface area contributed by atoms with Crippen molar-refractivity contribution in [3.05, 3.63) is 0 Å². The Balaban J connectivity index is 1.50. The van der Waals surface area contributed by atoms with Crippen LogP contribution in [0.2, 0.25) is 0 Å². The van der Waals surface area contributed by atoms with E-state index in [0.29, 0.717) is 11.5 Å². The van der Waals surface area contributed by atoms with Crippen LogP contribution in [-0.4, -0.2) is 25.3 Å². The zero-order chi connectivity index (χ0) is 13.7. The molecule has 0 radical (unpaired) electrons. The van der Waals surface area contributed by atoms with Crippen LogP contribution in [0.1, 0.15) is 72.1 Å². The highest BCUT2D eigenvalue weighted by Gasteiger charge is 2.27. The van der Waals surface area contributed by atoms with Crippen LogP contribution in [0.5, 0.6) is 0 Å². The Morgan fingerprint density at radius 3 is 2.26 bits per heavy atom. The first-order chi connectivity index (χ1) is 9.05. The predicted octanol–water partition coefficient (Wildman–Crippen LogP) is 4.14. The molecule has 0 aliphatic heterocycles. The van der Waals surface area contributed by atoms with Gasteiger partial charge in [0.2, 0.25) is 0 Å². The Bertz CT molecular complexity index is 246. The summed E-state index contributed by atoms with van der Waals surface area (Å²) in [7, 11) is 0. The Morgan fingerprint density at radius 2 is 1.63 bits per heavy atom. The summed E-state index contributed by atoms with van der Waals surface area (Å²) in [5, 5.41) is 3.67. The third kappa shape index (κ3) is 5.43. The van der Waals surface area contributed by atoms with Crippen molar-refractivity contribution < 1.29 is 4.74 Å². The van der Waals surface area contributed by atoms with Crippen molar-refractivity contribution in [3.8, 4) is 0 Å². The molecule has 1 N–H and O–H groups in total. The quantitative estimate of drug-likeness (QED) is 0.756. The molecule has 0 aromatic heterocycles. The van der Waals surface area contributed by atoms with Gasteiger partial charge in [-0.25, -0.2) is 0 Å². The predicted molar refractivity (Wildman–Crippen MR) is 81.4 cm³/mol. The Hall–Kier alpha value is -0.0800. The van der Waals surface area contributed by atoms with E-state index in [1.807, 2.05) is 0 Å². The molecule has 0 bridgehead atoms. The van der Waals surface area contributed by atoms with Crippen molar-refractivity contribution in [3.63, 3.8) is 0 Å². The van der Waals surface area contributed by atoms with Gasteiger partial charge in [-0.15, -0.1) is 0 Å². The summed E-state index contributed by atoms with van der Waals surface area (Å²) >= 11 is 0. The van der Waals surface area contributed by atoms with E-state index < -0.39 is 0 Å². The first kappa shape index (κ1) is 15.3. The standard InChI is InChI=1S/C17H33NO/c1-14-4-6-15(7-5-14)18-12-13-19-16-8-10-17(2,3)11-9-16/h14-16,18H,4-13H2,1-3H3. The summed E-state index contributed by atoms with van der Waals surface area (Å²) < 4.78 is 6.03. The highest BCUT2D eigenvalue weighted by atomic mass is 16.5. The van der Waals surface area contributed by atoms with E-state index in [4.69, 9.17) is 4.74 Å². The van der Waals surface area contributed by atoms with Crippen LogP contribution in [0.15, 0.2) is 0 Å². The van der Waals surface area contributed by atoms with Crippen LogP contribution < -0.4 is 5.32 Å². The molecule has 0 amide bonds. The first-order valence-electron chi connectivity index (χ1n) is 8.40. The van der Waals surface area contributed by atoms with Crippen LogP contribution in [0.4, 0.5) is 0 Å². The van der Waals surface area contributed by atoms with Gasteiger partial charge in [0.25, 0.3) is 0 Å². The molecule has 2 heteroatoms. The fourth-order valence-corrected chi connectivity index (χ4v) is 3.49. The topological polar surface area (TPSA) is 21.3 Å². The van der Waals surface area contributed by atoms with Gasteiger partial charge in [0.15, 0.2) is 0 Å². The van der Waals surface area contributed by atoms with E-state index in [2.05, 4.69) is 26.1 Å². The molecule has 0 aromatic rings. The minimum Gasteiger partial charge on any atom is -0.377 e. The number of hydrogen-bond donors (Lipinski definition) is 1. The molecule has 2 nitrogen and oxygen atoms in total. The van der Waals surface area contributed by atoms with Gasteiger partial charge in [-0.1, -0.05) is 20.8 Å². The lowest BCUT2D eigenvalue weighted by Crippen LogP contribution is -2.36. The van der Waals surface area contributed by atoms with E-state index >= 15 is 0 Å². The third-order valence-electron chi connectivity index (χ3n) is 5.19. The third-order valence-corrected chi connectivity index (χ3v) is 5.19. The highest BCUT2D eigenvalue weighted by Crippen LogP contribution is 2.36. The minimum absolute atomic E-state index is 0.529. The first-order valence-corrected chi connectivity index (χ1v) is 8.40. The van der Waals surface area contributed by atoms with Gasteiger partial charge in [-0.2, -0.15) is 0 Å². The van der Waals surface area contributed by atoms with Crippen molar-refractivity contribution in [2.45, 2.75) is 84.3 Å². The molecule has 19 heavy (non-hydrogen) atoms. The Morgan fingerprint density at radius 1 is 1.00 bits per heavy atom. The Labute approximate surface area is 119 Å². The smallest absolute Gasteiger partial charge is 0.0594 e. The average molecular weight is 267 g/mol. The molecule has 0 spiro atoms. The van der Waals surface area contributed by atoms with Crippen molar-refractivity contribution >= 4 is 0 Å². The molecule has 112 valence electrons. The normalized spacial score (nSPS) is 32.4. The van der Waals surface area contributed by atoms with Crippen molar-refractivity contribution in [1.82, 2.24) is 5.32 Å². The Kier molecular flexibility index (Phi) is 5.70. The minimum atomic E-state index is 0.529. The van der Waals surface area contributed by atoms with Gasteiger partial charge in [-0.3, -0.25) is 0 Å². The van der Waals surface area contributed by atoms with Gasteiger partial charge in [0, 0.05) is 12.6 Å². The van der Waals surface area contributed by atoms with Gasteiger partial charge in [0.05, 0.1) is 12.7 Å². The summed E-state index contributed by atoms with van der Waals surface area (Å²) in [4.78, 5) is 0. The molecule has 0 unspecified atom stereocenters. The molecule has 2 aliphatic rings. The number of ether oxygens (including phenoxy) is 1. The number of rotatable bonds is 5. The maximum atomic E-state index is 6.03. The van der Waals surface area contributed by atoms with Gasteiger partial charge < -0.3 is 10.1 Å². The summed E-state index contributed by atoms with van der Waals surface area (Å²) in [6.45, 7) is 9.09. The second-order valence-electron chi connectivity index (χ2n) is 7.65. The fraction of sp³-hybridized carbons (Fsp3) is 1.00. The SMILES string of the molecule is CC1CCC(NCCOC2CCC(C)(C)CC2)CC1. The summed E-state index contributed by atoms with van der Waals surface area (Å²) in [5.41, 5.74) is 0.552. The van der Waals surface area contributed by atoms with Crippen LogP contribution in [-0.2, 0) is 4.74 Å². The number of nitrogens with one attached hydrogen (secondary N) is 1. The second kappa shape index (κ2) is 7.08. The molecule has 2 aliphatic carbocycles. The van der Waals surface area contributed by atoms with Crippen molar-refractivity contribution in [2.75, 3.05) is 13.2 Å². The van der Waals surface area contributed by atoms with Gasteiger partial charge in [-0.05, 0) is 62.7 Å². The lowest BCUT2D eigenvalue weighted by atomic mass is 9.76. The molecule has 0 heterocycles. The molecule has 0 saturated heterocycles. The largest absolute Gasteiger partial charge is 0.377 e. The van der Waals surface area contributed by atoms with Crippen LogP contribution >= 0.6 is 0 Å². The van der Waals surface area contributed by atoms with Crippen LogP contribution in [0.3, 0.4) is 0 Å². The average Bonchev–Trinajstić information content (AvgIpc) is 2.38. The molecule has 2 saturated carbocycles. The monoisotopic (exact) mass is 267 g/mol. The molecular formula is C17H33NO. The molecule has 0 atom stereocenters. The maximum absolute atomic E-state index is 6.03. The zero-order valence-electron chi connectivity index (χ0n) is 13.2.